The third kappa shape index (κ3) is 1.45. The summed E-state index contributed by atoms with van der Waals surface area (Å²) in [5.41, 5.74) is 1.40. The lowest BCUT2D eigenvalue weighted by molar-refractivity contribution is 0.750. The minimum absolute atomic E-state index is 0.589. The SMILES string of the molecule is N#C[C@@]1(c2cccs2)CNc2ccc(Cl)cc21. The molecule has 4 heteroatoms. The smallest absolute Gasteiger partial charge is 0.135 e. The summed E-state index contributed by atoms with van der Waals surface area (Å²) in [4.78, 5) is 1.06. The van der Waals surface area contributed by atoms with Crippen LogP contribution in [0.3, 0.4) is 0 Å². The summed E-state index contributed by atoms with van der Waals surface area (Å²) < 4.78 is 0. The number of hydrogen-bond donors (Lipinski definition) is 1. The van der Waals surface area contributed by atoms with Crippen LogP contribution in [-0.2, 0) is 5.41 Å². The fourth-order valence-corrected chi connectivity index (χ4v) is 3.30. The molecule has 3 rings (SSSR count). The number of nitriles is 1. The lowest BCUT2D eigenvalue weighted by atomic mass is 9.82. The normalized spacial score (nSPS) is 21.6. The fraction of sp³-hybridized carbons (Fsp3) is 0.154. The molecule has 0 aliphatic carbocycles. The molecule has 0 amide bonds. The van der Waals surface area contributed by atoms with Crippen LogP contribution in [0.4, 0.5) is 5.69 Å². The maximum atomic E-state index is 9.60. The first-order valence-electron chi connectivity index (χ1n) is 5.25. The molecule has 1 aliphatic heterocycles. The van der Waals surface area contributed by atoms with Crippen molar-refractivity contribution in [3.05, 3.63) is 51.2 Å². The van der Waals surface area contributed by atoms with Crippen LogP contribution in [-0.4, -0.2) is 6.54 Å². The molecule has 0 radical (unpaired) electrons. The van der Waals surface area contributed by atoms with Crippen molar-refractivity contribution in [2.24, 2.45) is 0 Å². The summed E-state index contributed by atoms with van der Waals surface area (Å²) in [5, 5.41) is 15.5. The van der Waals surface area contributed by atoms with Gasteiger partial charge in [-0.3, -0.25) is 0 Å². The molecule has 0 spiro atoms. The second kappa shape index (κ2) is 3.76. The van der Waals surface area contributed by atoms with Crippen molar-refractivity contribution in [2.75, 3.05) is 11.9 Å². The van der Waals surface area contributed by atoms with E-state index in [0.29, 0.717) is 11.6 Å². The van der Waals surface area contributed by atoms with Crippen LogP contribution in [0.5, 0.6) is 0 Å². The molecule has 0 saturated carbocycles. The lowest BCUT2D eigenvalue weighted by Crippen LogP contribution is -2.26. The Hall–Kier alpha value is -1.50. The topological polar surface area (TPSA) is 35.8 Å². The zero-order chi connectivity index (χ0) is 11.9. The third-order valence-corrected chi connectivity index (χ3v) is 4.38. The van der Waals surface area contributed by atoms with Gasteiger partial charge in [-0.15, -0.1) is 11.3 Å². The van der Waals surface area contributed by atoms with Crippen LogP contribution in [0.1, 0.15) is 10.4 Å². The highest BCUT2D eigenvalue weighted by molar-refractivity contribution is 7.10. The van der Waals surface area contributed by atoms with Crippen molar-refractivity contribution in [1.82, 2.24) is 0 Å². The van der Waals surface area contributed by atoms with E-state index in [9.17, 15) is 5.26 Å². The highest BCUT2D eigenvalue weighted by Gasteiger charge is 2.41. The minimum atomic E-state index is -0.589. The Morgan fingerprint density at radius 1 is 1.41 bits per heavy atom. The van der Waals surface area contributed by atoms with E-state index in [-0.39, 0.29) is 0 Å². The minimum Gasteiger partial charge on any atom is -0.382 e. The van der Waals surface area contributed by atoms with Gasteiger partial charge in [-0.05, 0) is 29.6 Å². The molecule has 2 aromatic rings. The largest absolute Gasteiger partial charge is 0.382 e. The molecule has 1 aromatic carbocycles. The van der Waals surface area contributed by atoms with Crippen LogP contribution in [0, 0.1) is 11.3 Å². The second-order valence-electron chi connectivity index (χ2n) is 4.04. The standard InChI is InChI=1S/C13H9ClN2S/c14-9-3-4-11-10(6-9)13(7-15,8-16-11)12-2-1-5-17-12/h1-6,16H,8H2/t13-/m1/s1. The summed E-state index contributed by atoms with van der Waals surface area (Å²) in [5.74, 6) is 0. The van der Waals surface area contributed by atoms with Crippen molar-refractivity contribution < 1.29 is 0 Å². The number of hydrogen-bond acceptors (Lipinski definition) is 3. The molecular weight excluding hydrogens is 252 g/mol. The first kappa shape index (κ1) is 10.6. The van der Waals surface area contributed by atoms with Gasteiger partial charge < -0.3 is 5.32 Å². The van der Waals surface area contributed by atoms with Crippen molar-refractivity contribution in [2.45, 2.75) is 5.41 Å². The molecule has 0 fully saturated rings. The molecule has 1 N–H and O–H groups in total. The van der Waals surface area contributed by atoms with Crippen LogP contribution in [0.2, 0.25) is 5.02 Å². The Bertz CT molecular complexity index is 600. The van der Waals surface area contributed by atoms with Gasteiger partial charge in [0, 0.05) is 27.7 Å². The molecule has 2 heterocycles. The number of thiophene rings is 1. The number of nitrogens with one attached hydrogen (secondary N) is 1. The van der Waals surface area contributed by atoms with E-state index in [2.05, 4.69) is 11.4 Å². The molecule has 17 heavy (non-hydrogen) atoms. The summed E-state index contributed by atoms with van der Waals surface area (Å²) in [7, 11) is 0. The van der Waals surface area contributed by atoms with Gasteiger partial charge in [0.1, 0.15) is 5.41 Å². The molecule has 2 nitrogen and oxygen atoms in total. The average molecular weight is 261 g/mol. The Labute approximate surface area is 108 Å². The number of halogens is 1. The Morgan fingerprint density at radius 3 is 3.00 bits per heavy atom. The van der Waals surface area contributed by atoms with Crippen LogP contribution in [0.15, 0.2) is 35.7 Å². The van der Waals surface area contributed by atoms with E-state index in [1.807, 2.05) is 35.7 Å². The number of fused-ring (bicyclic) bond motifs is 1. The summed E-state index contributed by atoms with van der Waals surface area (Å²) in [6, 6.07) is 12.1. The Morgan fingerprint density at radius 2 is 2.29 bits per heavy atom. The van der Waals surface area contributed by atoms with Crippen LogP contribution in [0.25, 0.3) is 0 Å². The van der Waals surface area contributed by atoms with E-state index in [4.69, 9.17) is 11.6 Å². The third-order valence-electron chi connectivity index (χ3n) is 3.12. The van der Waals surface area contributed by atoms with Crippen LogP contribution >= 0.6 is 22.9 Å². The predicted octanol–water partition coefficient (Wildman–Crippen LogP) is 3.64. The van der Waals surface area contributed by atoms with E-state index < -0.39 is 5.41 Å². The van der Waals surface area contributed by atoms with Crippen LogP contribution < -0.4 is 5.32 Å². The van der Waals surface area contributed by atoms with E-state index >= 15 is 0 Å². The fourth-order valence-electron chi connectivity index (χ4n) is 2.24. The van der Waals surface area contributed by atoms with Gasteiger partial charge in [-0.2, -0.15) is 5.26 Å². The summed E-state index contributed by atoms with van der Waals surface area (Å²) >= 11 is 7.64. The molecule has 1 atom stereocenters. The Kier molecular flexibility index (Phi) is 2.36. The molecule has 1 aromatic heterocycles. The van der Waals surface area contributed by atoms with Crippen molar-refractivity contribution in [3.63, 3.8) is 0 Å². The molecule has 0 saturated heterocycles. The van der Waals surface area contributed by atoms with E-state index in [0.717, 1.165) is 16.1 Å². The molecule has 84 valence electrons. The van der Waals surface area contributed by atoms with Gasteiger partial charge in [-0.25, -0.2) is 0 Å². The highest BCUT2D eigenvalue weighted by Crippen LogP contribution is 2.44. The van der Waals surface area contributed by atoms with Gasteiger partial charge in [0.05, 0.1) is 6.07 Å². The monoisotopic (exact) mass is 260 g/mol. The quantitative estimate of drug-likeness (QED) is 0.850. The maximum absolute atomic E-state index is 9.60. The van der Waals surface area contributed by atoms with Gasteiger partial charge >= 0.3 is 0 Å². The number of anilines is 1. The maximum Gasteiger partial charge on any atom is 0.135 e. The number of nitrogens with zero attached hydrogens (tertiary/aromatic N) is 1. The molecular formula is C13H9ClN2S. The number of rotatable bonds is 1. The van der Waals surface area contributed by atoms with E-state index in [1.165, 1.54) is 0 Å². The van der Waals surface area contributed by atoms with Gasteiger partial charge in [0.25, 0.3) is 0 Å². The number of benzene rings is 1. The zero-order valence-electron chi connectivity index (χ0n) is 8.90. The first-order chi connectivity index (χ1) is 8.26. The molecule has 0 unspecified atom stereocenters. The lowest BCUT2D eigenvalue weighted by Gasteiger charge is -2.19. The first-order valence-corrected chi connectivity index (χ1v) is 6.51. The summed E-state index contributed by atoms with van der Waals surface area (Å²) in [6.45, 7) is 0.611. The van der Waals surface area contributed by atoms with Gasteiger partial charge in [0.15, 0.2) is 0 Å². The molecule has 0 bridgehead atoms. The van der Waals surface area contributed by atoms with Crippen molar-refractivity contribution >= 4 is 28.6 Å². The van der Waals surface area contributed by atoms with Gasteiger partial charge in [0.2, 0.25) is 0 Å². The summed E-state index contributed by atoms with van der Waals surface area (Å²) in [6.07, 6.45) is 0. The van der Waals surface area contributed by atoms with Crippen molar-refractivity contribution in [1.29, 1.82) is 5.26 Å². The second-order valence-corrected chi connectivity index (χ2v) is 5.42. The highest BCUT2D eigenvalue weighted by atomic mass is 35.5. The Balaban J connectivity index is 2.25. The van der Waals surface area contributed by atoms with Crippen molar-refractivity contribution in [3.8, 4) is 6.07 Å². The average Bonchev–Trinajstić information content (AvgIpc) is 2.95. The van der Waals surface area contributed by atoms with Gasteiger partial charge in [-0.1, -0.05) is 17.7 Å². The zero-order valence-corrected chi connectivity index (χ0v) is 10.5. The predicted molar refractivity (Wildman–Crippen MR) is 70.7 cm³/mol. The molecule has 1 aliphatic rings. The van der Waals surface area contributed by atoms with E-state index in [1.54, 1.807) is 11.3 Å².